The number of hydrogen-bond acceptors (Lipinski definition) is 4. The molecule has 3 N–H and O–H groups in total. The minimum Gasteiger partial charge on any atom is -0.391 e. The van der Waals surface area contributed by atoms with Gasteiger partial charge in [-0.2, -0.15) is 0 Å². The lowest BCUT2D eigenvalue weighted by Crippen LogP contribution is -2.49. The zero-order valence-electron chi connectivity index (χ0n) is 11.4. The van der Waals surface area contributed by atoms with Gasteiger partial charge in [-0.3, -0.25) is 4.79 Å². The first-order valence-electron chi connectivity index (χ1n) is 6.86. The summed E-state index contributed by atoms with van der Waals surface area (Å²) in [5.41, 5.74) is 5.99. The minimum atomic E-state index is -0.396. The Kier molecular flexibility index (Phi) is 4.25. The Balaban J connectivity index is 1.92. The highest BCUT2D eigenvalue weighted by atomic mass is 16.3. The van der Waals surface area contributed by atoms with Crippen molar-refractivity contribution in [1.29, 1.82) is 0 Å². The summed E-state index contributed by atoms with van der Waals surface area (Å²) >= 11 is 0. The highest BCUT2D eigenvalue weighted by Crippen LogP contribution is 2.33. The van der Waals surface area contributed by atoms with Gasteiger partial charge in [-0.15, -0.1) is 0 Å². The molecule has 2 rings (SSSR count). The van der Waals surface area contributed by atoms with Crippen LogP contribution in [0.4, 0.5) is 0 Å². The van der Waals surface area contributed by atoms with Crippen LogP contribution in [0.5, 0.6) is 0 Å². The molecule has 0 aromatic rings. The van der Waals surface area contributed by atoms with Gasteiger partial charge in [0.15, 0.2) is 0 Å². The molecule has 5 nitrogen and oxygen atoms in total. The van der Waals surface area contributed by atoms with E-state index in [9.17, 15) is 9.90 Å². The molecule has 104 valence electrons. The predicted octanol–water partition coefficient (Wildman–Crippen LogP) is -0.363. The van der Waals surface area contributed by atoms with Gasteiger partial charge in [-0.25, -0.2) is 0 Å². The second-order valence-electron chi connectivity index (χ2n) is 6.08. The third kappa shape index (κ3) is 3.43. The van der Waals surface area contributed by atoms with Gasteiger partial charge in [0.1, 0.15) is 0 Å². The number of likely N-dealkylation sites (tertiary alicyclic amines) is 1. The van der Waals surface area contributed by atoms with Crippen LogP contribution in [0.2, 0.25) is 0 Å². The van der Waals surface area contributed by atoms with Crippen molar-refractivity contribution in [2.45, 2.75) is 43.9 Å². The first-order chi connectivity index (χ1) is 8.47. The maximum Gasteiger partial charge on any atom is 0.239 e. The predicted molar refractivity (Wildman–Crippen MR) is 70.0 cm³/mol. The van der Waals surface area contributed by atoms with E-state index in [2.05, 4.69) is 4.90 Å². The number of carbonyl (C=O) groups is 1. The van der Waals surface area contributed by atoms with Crippen molar-refractivity contribution in [1.82, 2.24) is 9.80 Å². The van der Waals surface area contributed by atoms with Crippen molar-refractivity contribution in [3.63, 3.8) is 0 Å². The van der Waals surface area contributed by atoms with E-state index in [-0.39, 0.29) is 18.0 Å². The standard InChI is InChI=1S/C13H25N3O2/c1-15(2)7-10-6-11(17)8-16(10)13(18)12(14)5-9-3-4-9/h9-12,17H,3-8,14H2,1-2H3/t10?,11?,12-/m0/s1. The largest absolute Gasteiger partial charge is 0.391 e. The number of nitrogens with two attached hydrogens (primary N) is 1. The Labute approximate surface area is 109 Å². The molecule has 1 saturated heterocycles. The van der Waals surface area contributed by atoms with Crippen LogP contribution < -0.4 is 5.73 Å². The second kappa shape index (κ2) is 5.55. The van der Waals surface area contributed by atoms with Gasteiger partial charge in [0.2, 0.25) is 5.91 Å². The Bertz CT molecular complexity index is 305. The Morgan fingerprint density at radius 1 is 1.50 bits per heavy atom. The highest BCUT2D eigenvalue weighted by molar-refractivity contribution is 5.82. The van der Waals surface area contributed by atoms with Crippen LogP contribution in [0.15, 0.2) is 0 Å². The lowest BCUT2D eigenvalue weighted by molar-refractivity contribution is -0.134. The molecule has 5 heteroatoms. The lowest BCUT2D eigenvalue weighted by Gasteiger charge is -2.29. The van der Waals surface area contributed by atoms with E-state index < -0.39 is 6.10 Å². The van der Waals surface area contributed by atoms with E-state index in [1.165, 1.54) is 12.8 Å². The highest BCUT2D eigenvalue weighted by Gasteiger charge is 2.37. The molecule has 1 aliphatic heterocycles. The van der Waals surface area contributed by atoms with Crippen molar-refractivity contribution < 1.29 is 9.90 Å². The molecular weight excluding hydrogens is 230 g/mol. The average Bonchev–Trinajstić information content (AvgIpc) is 3.00. The second-order valence-corrected chi connectivity index (χ2v) is 6.08. The summed E-state index contributed by atoms with van der Waals surface area (Å²) < 4.78 is 0. The Morgan fingerprint density at radius 2 is 2.17 bits per heavy atom. The van der Waals surface area contributed by atoms with E-state index in [4.69, 9.17) is 5.73 Å². The summed E-state index contributed by atoms with van der Waals surface area (Å²) in [6.07, 6.45) is 3.50. The molecule has 2 unspecified atom stereocenters. The molecule has 2 fully saturated rings. The summed E-state index contributed by atoms with van der Waals surface area (Å²) in [6.45, 7) is 1.23. The SMILES string of the molecule is CN(C)CC1CC(O)CN1C(=O)[C@@H](N)CC1CC1. The molecule has 1 amide bonds. The van der Waals surface area contributed by atoms with Gasteiger partial charge >= 0.3 is 0 Å². The molecule has 0 bridgehead atoms. The number of rotatable bonds is 5. The number of amides is 1. The van der Waals surface area contributed by atoms with E-state index in [0.717, 1.165) is 13.0 Å². The average molecular weight is 255 g/mol. The molecule has 0 radical (unpaired) electrons. The fourth-order valence-corrected chi connectivity index (χ4v) is 2.78. The van der Waals surface area contributed by atoms with Crippen molar-refractivity contribution in [2.75, 3.05) is 27.2 Å². The summed E-state index contributed by atoms with van der Waals surface area (Å²) in [5, 5.41) is 9.75. The van der Waals surface area contributed by atoms with E-state index >= 15 is 0 Å². The topological polar surface area (TPSA) is 69.8 Å². The van der Waals surface area contributed by atoms with Crippen LogP contribution in [0.3, 0.4) is 0 Å². The number of likely N-dealkylation sites (N-methyl/N-ethyl adjacent to an activating group) is 1. The van der Waals surface area contributed by atoms with Gasteiger partial charge in [0.25, 0.3) is 0 Å². The normalized spacial score (nSPS) is 29.9. The van der Waals surface area contributed by atoms with Crippen LogP contribution in [-0.2, 0) is 4.79 Å². The van der Waals surface area contributed by atoms with Gasteiger partial charge in [-0.05, 0) is 32.9 Å². The van der Waals surface area contributed by atoms with Crippen molar-refractivity contribution in [2.24, 2.45) is 11.7 Å². The number of β-amino-alcohol motifs (C(OH)–C–C–N with tert-alkyl or cyclic N) is 1. The monoisotopic (exact) mass is 255 g/mol. The lowest BCUT2D eigenvalue weighted by atomic mass is 10.1. The molecule has 1 saturated carbocycles. The van der Waals surface area contributed by atoms with Crippen molar-refractivity contribution in [3.05, 3.63) is 0 Å². The fourth-order valence-electron chi connectivity index (χ4n) is 2.78. The van der Waals surface area contributed by atoms with Crippen LogP contribution in [0.1, 0.15) is 25.7 Å². The van der Waals surface area contributed by atoms with E-state index in [1.54, 1.807) is 4.90 Å². The summed E-state index contributed by atoms with van der Waals surface area (Å²) in [5.74, 6) is 0.675. The molecule has 0 aromatic carbocycles. The van der Waals surface area contributed by atoms with Gasteiger partial charge in [-0.1, -0.05) is 12.8 Å². The number of nitrogens with zero attached hydrogens (tertiary/aromatic N) is 2. The van der Waals surface area contributed by atoms with Crippen LogP contribution in [0, 0.1) is 5.92 Å². The molecule has 3 atom stereocenters. The Morgan fingerprint density at radius 3 is 2.72 bits per heavy atom. The van der Waals surface area contributed by atoms with Crippen molar-refractivity contribution >= 4 is 5.91 Å². The summed E-state index contributed by atoms with van der Waals surface area (Å²) in [6, 6.07) is -0.278. The molecule has 1 aliphatic carbocycles. The van der Waals surface area contributed by atoms with Gasteiger partial charge < -0.3 is 20.6 Å². The van der Waals surface area contributed by atoms with Crippen molar-refractivity contribution in [3.8, 4) is 0 Å². The molecular formula is C13H25N3O2. The zero-order chi connectivity index (χ0) is 13.3. The van der Waals surface area contributed by atoms with Gasteiger partial charge in [0, 0.05) is 19.1 Å². The third-order valence-electron chi connectivity index (χ3n) is 3.85. The van der Waals surface area contributed by atoms with E-state index in [0.29, 0.717) is 18.9 Å². The molecule has 1 heterocycles. The van der Waals surface area contributed by atoms with Gasteiger partial charge in [0.05, 0.1) is 12.1 Å². The zero-order valence-corrected chi connectivity index (χ0v) is 11.4. The maximum absolute atomic E-state index is 12.3. The number of aliphatic hydroxyl groups is 1. The fraction of sp³-hybridized carbons (Fsp3) is 0.923. The van der Waals surface area contributed by atoms with E-state index in [1.807, 2.05) is 14.1 Å². The smallest absolute Gasteiger partial charge is 0.239 e. The molecule has 18 heavy (non-hydrogen) atoms. The Hall–Kier alpha value is -0.650. The number of carbonyl (C=O) groups excluding carboxylic acids is 1. The summed E-state index contributed by atoms with van der Waals surface area (Å²) in [4.78, 5) is 16.2. The van der Waals surface area contributed by atoms with Crippen LogP contribution in [0.25, 0.3) is 0 Å². The first-order valence-corrected chi connectivity index (χ1v) is 6.86. The van der Waals surface area contributed by atoms with Crippen LogP contribution in [-0.4, -0.2) is 66.2 Å². The van der Waals surface area contributed by atoms with Crippen LogP contribution >= 0.6 is 0 Å². The molecule has 2 aliphatic rings. The molecule has 0 spiro atoms. The summed E-state index contributed by atoms with van der Waals surface area (Å²) in [7, 11) is 3.97. The third-order valence-corrected chi connectivity index (χ3v) is 3.85. The minimum absolute atomic E-state index is 0.0188. The first kappa shape index (κ1) is 13.8. The number of aliphatic hydroxyl groups excluding tert-OH is 1. The quantitative estimate of drug-likeness (QED) is 0.704. The molecule has 0 aromatic heterocycles. The maximum atomic E-state index is 12.3. The number of hydrogen-bond donors (Lipinski definition) is 2.